The van der Waals surface area contributed by atoms with Crippen LogP contribution in [-0.2, 0) is 6.42 Å². The van der Waals surface area contributed by atoms with Crippen LogP contribution in [0.15, 0.2) is 41.1 Å². The van der Waals surface area contributed by atoms with Crippen molar-refractivity contribution in [3.05, 3.63) is 52.2 Å². The topological polar surface area (TPSA) is 49.3 Å². The number of phenolic OH excluding ortho intramolecular Hbond substituents is 1. The Labute approximate surface area is 110 Å². The predicted molar refractivity (Wildman–Crippen MR) is 73.1 cm³/mol. The maximum Gasteiger partial charge on any atom is 0.251 e. The number of carbonyl (C=O) groups excluding carboxylic acids is 1. The van der Waals surface area contributed by atoms with Gasteiger partial charge in [0.2, 0.25) is 0 Å². The first kappa shape index (κ1) is 12.6. The zero-order valence-corrected chi connectivity index (χ0v) is 10.9. The first-order valence-corrected chi connectivity index (χ1v) is 6.70. The van der Waals surface area contributed by atoms with Crippen molar-refractivity contribution in [1.29, 1.82) is 0 Å². The van der Waals surface area contributed by atoms with Crippen molar-refractivity contribution in [2.75, 3.05) is 0 Å². The predicted octanol–water partition coefficient (Wildman–Crippen LogP) is 2.81. The van der Waals surface area contributed by atoms with Crippen molar-refractivity contribution in [3.63, 3.8) is 0 Å². The van der Waals surface area contributed by atoms with Crippen molar-refractivity contribution in [2.45, 2.75) is 19.4 Å². The van der Waals surface area contributed by atoms with Gasteiger partial charge in [-0.3, -0.25) is 4.79 Å². The number of amides is 1. The summed E-state index contributed by atoms with van der Waals surface area (Å²) in [6.07, 6.45) is 0.814. The second kappa shape index (κ2) is 5.69. The van der Waals surface area contributed by atoms with Gasteiger partial charge in [-0.1, -0.05) is 6.07 Å². The van der Waals surface area contributed by atoms with Crippen LogP contribution in [0, 0.1) is 0 Å². The van der Waals surface area contributed by atoms with E-state index in [2.05, 4.69) is 16.8 Å². The van der Waals surface area contributed by atoms with Gasteiger partial charge in [0, 0.05) is 11.6 Å². The second-order valence-electron chi connectivity index (χ2n) is 4.26. The highest BCUT2D eigenvalue weighted by Gasteiger charge is 2.10. The molecule has 0 spiro atoms. The molecule has 4 heteroatoms. The van der Waals surface area contributed by atoms with E-state index in [1.165, 1.54) is 11.6 Å². The summed E-state index contributed by atoms with van der Waals surface area (Å²) in [7, 11) is 0. The van der Waals surface area contributed by atoms with Crippen LogP contribution in [0.3, 0.4) is 0 Å². The van der Waals surface area contributed by atoms with Crippen LogP contribution in [0.1, 0.15) is 22.8 Å². The Morgan fingerprint density at radius 1 is 1.44 bits per heavy atom. The average molecular weight is 261 g/mol. The van der Waals surface area contributed by atoms with Crippen LogP contribution in [0.25, 0.3) is 0 Å². The van der Waals surface area contributed by atoms with Gasteiger partial charge >= 0.3 is 0 Å². The fraction of sp³-hybridized carbons (Fsp3) is 0.214. The van der Waals surface area contributed by atoms with E-state index in [0.717, 1.165) is 6.42 Å². The molecular formula is C14H15NO2S. The number of nitrogens with one attached hydrogen (secondary N) is 1. The van der Waals surface area contributed by atoms with Gasteiger partial charge in [0.1, 0.15) is 5.75 Å². The number of rotatable bonds is 4. The lowest BCUT2D eigenvalue weighted by atomic mass is 10.1. The fourth-order valence-corrected chi connectivity index (χ4v) is 2.45. The summed E-state index contributed by atoms with van der Waals surface area (Å²) in [5.41, 5.74) is 1.70. The quantitative estimate of drug-likeness (QED) is 0.889. The normalized spacial score (nSPS) is 12.1. The SMILES string of the molecule is CC(Cc1ccsc1)NC(=O)c1cccc(O)c1. The third kappa shape index (κ3) is 3.34. The summed E-state index contributed by atoms with van der Waals surface area (Å²) in [6.45, 7) is 1.97. The standard InChI is InChI=1S/C14H15NO2S/c1-10(7-11-5-6-18-9-11)15-14(17)12-3-2-4-13(16)8-12/h2-6,8-10,16H,7H2,1H3,(H,15,17). The maximum atomic E-state index is 11.9. The highest BCUT2D eigenvalue weighted by Crippen LogP contribution is 2.12. The molecule has 1 unspecified atom stereocenters. The molecule has 1 heterocycles. The molecule has 0 fully saturated rings. The van der Waals surface area contributed by atoms with Gasteiger partial charge in [0.25, 0.3) is 5.91 Å². The molecule has 94 valence electrons. The molecule has 0 bridgehead atoms. The van der Waals surface area contributed by atoms with Crippen molar-refractivity contribution in [3.8, 4) is 5.75 Å². The molecule has 2 rings (SSSR count). The molecule has 0 saturated heterocycles. The van der Waals surface area contributed by atoms with E-state index in [4.69, 9.17) is 0 Å². The van der Waals surface area contributed by atoms with Crippen LogP contribution in [0.2, 0.25) is 0 Å². The van der Waals surface area contributed by atoms with Crippen LogP contribution in [-0.4, -0.2) is 17.1 Å². The Hall–Kier alpha value is -1.81. The number of carbonyl (C=O) groups is 1. The van der Waals surface area contributed by atoms with Gasteiger partial charge in [0.05, 0.1) is 0 Å². The molecule has 3 nitrogen and oxygen atoms in total. The number of thiophene rings is 1. The van der Waals surface area contributed by atoms with E-state index in [9.17, 15) is 9.90 Å². The molecule has 1 aromatic heterocycles. The van der Waals surface area contributed by atoms with Crippen LogP contribution in [0.5, 0.6) is 5.75 Å². The molecule has 18 heavy (non-hydrogen) atoms. The van der Waals surface area contributed by atoms with Crippen LogP contribution < -0.4 is 5.32 Å². The lowest BCUT2D eigenvalue weighted by Crippen LogP contribution is -2.33. The maximum absolute atomic E-state index is 11.9. The van der Waals surface area contributed by atoms with Crippen molar-refractivity contribution in [2.24, 2.45) is 0 Å². The summed E-state index contributed by atoms with van der Waals surface area (Å²) in [5, 5.41) is 16.3. The van der Waals surface area contributed by atoms with E-state index in [1.807, 2.05) is 12.3 Å². The Morgan fingerprint density at radius 2 is 2.28 bits per heavy atom. The number of aromatic hydroxyl groups is 1. The molecule has 0 aliphatic heterocycles. The van der Waals surface area contributed by atoms with Crippen molar-refractivity contribution in [1.82, 2.24) is 5.32 Å². The van der Waals surface area contributed by atoms with Gasteiger partial charge in [-0.25, -0.2) is 0 Å². The van der Waals surface area contributed by atoms with Gasteiger partial charge in [-0.05, 0) is 53.9 Å². The second-order valence-corrected chi connectivity index (χ2v) is 5.04. The average Bonchev–Trinajstić information content (AvgIpc) is 2.81. The van der Waals surface area contributed by atoms with Crippen LogP contribution in [0.4, 0.5) is 0 Å². The highest BCUT2D eigenvalue weighted by molar-refractivity contribution is 7.07. The van der Waals surface area contributed by atoms with Crippen molar-refractivity contribution >= 4 is 17.2 Å². The lowest BCUT2D eigenvalue weighted by molar-refractivity contribution is 0.0939. The number of hydrogen-bond acceptors (Lipinski definition) is 3. The molecule has 1 amide bonds. The number of phenols is 1. The van der Waals surface area contributed by atoms with E-state index in [0.29, 0.717) is 5.56 Å². The number of benzene rings is 1. The Kier molecular flexibility index (Phi) is 3.99. The largest absolute Gasteiger partial charge is 0.508 e. The molecule has 0 aliphatic rings. The molecule has 2 N–H and O–H groups in total. The van der Waals surface area contributed by atoms with E-state index in [1.54, 1.807) is 29.5 Å². The summed E-state index contributed by atoms with van der Waals surface area (Å²) in [6, 6.07) is 8.48. The summed E-state index contributed by atoms with van der Waals surface area (Å²) >= 11 is 1.65. The van der Waals surface area contributed by atoms with E-state index < -0.39 is 0 Å². The minimum Gasteiger partial charge on any atom is -0.508 e. The van der Waals surface area contributed by atoms with Crippen LogP contribution >= 0.6 is 11.3 Å². The lowest BCUT2D eigenvalue weighted by Gasteiger charge is -2.13. The van der Waals surface area contributed by atoms with Gasteiger partial charge in [-0.2, -0.15) is 11.3 Å². The van der Waals surface area contributed by atoms with Gasteiger partial charge in [-0.15, -0.1) is 0 Å². The zero-order chi connectivity index (χ0) is 13.0. The Bertz CT molecular complexity index is 522. The minimum atomic E-state index is -0.159. The summed E-state index contributed by atoms with van der Waals surface area (Å²) in [5.74, 6) is -0.0539. The monoisotopic (exact) mass is 261 g/mol. The minimum absolute atomic E-state index is 0.0643. The fourth-order valence-electron chi connectivity index (χ4n) is 1.77. The molecule has 0 radical (unpaired) electrons. The van der Waals surface area contributed by atoms with Gasteiger partial charge < -0.3 is 10.4 Å². The smallest absolute Gasteiger partial charge is 0.251 e. The molecule has 2 aromatic rings. The van der Waals surface area contributed by atoms with E-state index >= 15 is 0 Å². The molecular weight excluding hydrogens is 246 g/mol. The Morgan fingerprint density at radius 3 is 2.94 bits per heavy atom. The number of hydrogen-bond donors (Lipinski definition) is 2. The zero-order valence-electron chi connectivity index (χ0n) is 10.1. The van der Waals surface area contributed by atoms with Crippen molar-refractivity contribution < 1.29 is 9.90 Å². The third-order valence-corrected chi connectivity index (χ3v) is 3.34. The molecule has 0 aliphatic carbocycles. The summed E-state index contributed by atoms with van der Waals surface area (Å²) in [4.78, 5) is 11.9. The first-order chi connectivity index (χ1) is 8.65. The van der Waals surface area contributed by atoms with Gasteiger partial charge in [0.15, 0.2) is 0 Å². The molecule has 1 atom stereocenters. The molecule has 0 saturated carbocycles. The molecule has 1 aromatic carbocycles. The third-order valence-electron chi connectivity index (χ3n) is 2.61. The van der Waals surface area contributed by atoms with E-state index in [-0.39, 0.29) is 17.7 Å². The first-order valence-electron chi connectivity index (χ1n) is 5.76. The highest BCUT2D eigenvalue weighted by atomic mass is 32.1. The Balaban J connectivity index is 1.95. The summed E-state index contributed by atoms with van der Waals surface area (Å²) < 4.78 is 0.